The first kappa shape index (κ1) is 26.6. The number of methoxy groups -OCH3 is 2. The summed E-state index contributed by atoms with van der Waals surface area (Å²) in [6.07, 6.45) is 6.04. The van der Waals surface area contributed by atoms with Gasteiger partial charge in [-0.05, 0) is 62.4 Å². The minimum Gasteiger partial charge on any atom is -0.494 e. The normalized spacial score (nSPS) is 16.2. The SMILES string of the molecule is COC(=O)c1ccsc1Nc1nc(Nc2ccc(N3CCC(N4CCCC4)CC3)cc2OC)ncc1[N+](=O)[O-]. The van der Waals surface area contributed by atoms with Crippen molar-refractivity contribution < 1.29 is 19.2 Å². The number of esters is 1. The second kappa shape index (κ2) is 11.8. The van der Waals surface area contributed by atoms with E-state index in [1.807, 2.05) is 18.2 Å². The molecule has 0 bridgehead atoms. The fraction of sp³-hybridized carbons (Fsp3) is 0.423. The Hall–Kier alpha value is -3.97. The Labute approximate surface area is 230 Å². The molecule has 0 atom stereocenters. The van der Waals surface area contributed by atoms with E-state index in [1.165, 1.54) is 44.4 Å². The number of hydrogen-bond donors (Lipinski definition) is 2. The smallest absolute Gasteiger partial charge is 0.340 e. The first-order chi connectivity index (χ1) is 19.0. The van der Waals surface area contributed by atoms with Crippen molar-refractivity contribution in [1.29, 1.82) is 0 Å². The summed E-state index contributed by atoms with van der Waals surface area (Å²) in [5.41, 5.74) is 1.63. The lowest BCUT2D eigenvalue weighted by atomic mass is 10.0. The van der Waals surface area contributed by atoms with Crippen LogP contribution in [-0.2, 0) is 4.74 Å². The molecule has 5 rings (SSSR count). The number of benzene rings is 1. The molecular formula is C26H31N7O5S. The Morgan fingerprint density at radius 3 is 2.59 bits per heavy atom. The van der Waals surface area contributed by atoms with E-state index in [4.69, 9.17) is 9.47 Å². The number of carbonyl (C=O) groups is 1. The minimum atomic E-state index is -0.584. The number of ether oxygens (including phenoxy) is 2. The van der Waals surface area contributed by atoms with Crippen molar-refractivity contribution in [2.45, 2.75) is 31.7 Å². The van der Waals surface area contributed by atoms with E-state index >= 15 is 0 Å². The van der Waals surface area contributed by atoms with Crippen molar-refractivity contribution in [2.24, 2.45) is 0 Å². The number of nitro groups is 1. The van der Waals surface area contributed by atoms with Crippen LogP contribution in [0.4, 0.5) is 33.8 Å². The second-order valence-corrected chi connectivity index (χ2v) is 10.4. The van der Waals surface area contributed by atoms with Crippen molar-refractivity contribution >= 4 is 51.1 Å². The van der Waals surface area contributed by atoms with E-state index < -0.39 is 10.9 Å². The van der Waals surface area contributed by atoms with Crippen molar-refractivity contribution in [3.63, 3.8) is 0 Å². The molecule has 0 amide bonds. The molecule has 2 aliphatic rings. The third kappa shape index (κ3) is 5.88. The van der Waals surface area contributed by atoms with Crippen LogP contribution in [0.5, 0.6) is 5.75 Å². The van der Waals surface area contributed by atoms with Crippen LogP contribution in [0, 0.1) is 10.1 Å². The topological polar surface area (TPSA) is 135 Å². The Kier molecular flexibility index (Phi) is 8.07. The molecule has 13 heteroatoms. The van der Waals surface area contributed by atoms with E-state index in [2.05, 4.69) is 30.4 Å². The zero-order chi connectivity index (χ0) is 27.4. The number of nitrogens with zero attached hydrogens (tertiary/aromatic N) is 5. The third-order valence-corrected chi connectivity index (χ3v) is 8.02. The first-order valence-corrected chi connectivity index (χ1v) is 13.7. The van der Waals surface area contributed by atoms with Gasteiger partial charge in [0.1, 0.15) is 16.9 Å². The number of aromatic nitrogens is 2. The molecule has 0 unspecified atom stereocenters. The summed E-state index contributed by atoms with van der Waals surface area (Å²) in [5.74, 6) is 0.133. The Morgan fingerprint density at radius 2 is 1.90 bits per heavy atom. The average molecular weight is 554 g/mol. The van der Waals surface area contributed by atoms with Crippen molar-refractivity contribution in [3.8, 4) is 5.75 Å². The number of likely N-dealkylation sites (tertiary alicyclic amines) is 1. The van der Waals surface area contributed by atoms with Gasteiger partial charge in [-0.15, -0.1) is 11.3 Å². The molecule has 0 aliphatic carbocycles. The van der Waals surface area contributed by atoms with Crippen molar-refractivity contribution in [1.82, 2.24) is 14.9 Å². The molecule has 206 valence electrons. The minimum absolute atomic E-state index is 0.0541. The van der Waals surface area contributed by atoms with Crippen LogP contribution in [0.25, 0.3) is 0 Å². The third-order valence-electron chi connectivity index (χ3n) is 7.19. The number of anilines is 5. The van der Waals surface area contributed by atoms with Gasteiger partial charge in [0.15, 0.2) is 0 Å². The number of piperidine rings is 1. The van der Waals surface area contributed by atoms with Crippen molar-refractivity contribution in [3.05, 3.63) is 51.5 Å². The van der Waals surface area contributed by atoms with Crippen LogP contribution < -0.4 is 20.3 Å². The van der Waals surface area contributed by atoms with Gasteiger partial charge in [0.2, 0.25) is 11.8 Å². The number of carbonyl (C=O) groups excluding carboxylic acids is 1. The molecule has 39 heavy (non-hydrogen) atoms. The predicted octanol–water partition coefficient (Wildman–Crippen LogP) is 4.79. The Balaban J connectivity index is 1.32. The first-order valence-electron chi connectivity index (χ1n) is 12.8. The Morgan fingerprint density at radius 1 is 1.13 bits per heavy atom. The average Bonchev–Trinajstić information content (AvgIpc) is 3.66. The zero-order valence-electron chi connectivity index (χ0n) is 21.9. The van der Waals surface area contributed by atoms with E-state index in [-0.39, 0.29) is 23.0 Å². The summed E-state index contributed by atoms with van der Waals surface area (Å²) in [5, 5.41) is 19.7. The molecule has 4 heterocycles. The molecule has 12 nitrogen and oxygen atoms in total. The highest BCUT2D eigenvalue weighted by Gasteiger charge is 2.27. The fourth-order valence-corrected chi connectivity index (χ4v) is 5.92. The quantitative estimate of drug-likeness (QED) is 0.215. The molecular weight excluding hydrogens is 522 g/mol. The fourth-order valence-electron chi connectivity index (χ4n) is 5.14. The maximum Gasteiger partial charge on any atom is 0.340 e. The highest BCUT2D eigenvalue weighted by atomic mass is 32.1. The lowest BCUT2D eigenvalue weighted by Gasteiger charge is -2.38. The van der Waals surface area contributed by atoms with Crippen LogP contribution >= 0.6 is 11.3 Å². The summed E-state index contributed by atoms with van der Waals surface area (Å²) in [7, 11) is 2.87. The summed E-state index contributed by atoms with van der Waals surface area (Å²) in [6, 6.07) is 8.16. The highest BCUT2D eigenvalue weighted by molar-refractivity contribution is 7.14. The van der Waals surface area contributed by atoms with Crippen molar-refractivity contribution in [2.75, 3.05) is 55.9 Å². The van der Waals surface area contributed by atoms with E-state index in [1.54, 1.807) is 18.6 Å². The van der Waals surface area contributed by atoms with Gasteiger partial charge in [-0.25, -0.2) is 9.78 Å². The molecule has 0 saturated carbocycles. The van der Waals surface area contributed by atoms with Crippen LogP contribution in [-0.4, -0.2) is 72.2 Å². The number of nitrogens with one attached hydrogen (secondary N) is 2. The zero-order valence-corrected chi connectivity index (χ0v) is 22.7. The number of hydrogen-bond acceptors (Lipinski definition) is 12. The van der Waals surface area contributed by atoms with Crippen LogP contribution in [0.3, 0.4) is 0 Å². The molecule has 1 aromatic carbocycles. The summed E-state index contributed by atoms with van der Waals surface area (Å²) >= 11 is 1.20. The molecule has 3 aromatic rings. The summed E-state index contributed by atoms with van der Waals surface area (Å²) < 4.78 is 10.4. The van der Waals surface area contributed by atoms with Gasteiger partial charge in [0, 0.05) is 30.9 Å². The van der Waals surface area contributed by atoms with Crippen LogP contribution in [0.15, 0.2) is 35.8 Å². The van der Waals surface area contributed by atoms with Gasteiger partial charge in [-0.3, -0.25) is 10.1 Å². The van der Waals surface area contributed by atoms with Gasteiger partial charge in [-0.1, -0.05) is 0 Å². The maximum atomic E-state index is 12.0. The molecule has 2 aromatic heterocycles. The van der Waals surface area contributed by atoms with Gasteiger partial charge in [0.25, 0.3) is 0 Å². The molecule has 0 spiro atoms. The maximum absolute atomic E-state index is 12.0. The van der Waals surface area contributed by atoms with Gasteiger partial charge < -0.3 is 29.9 Å². The standard InChI is InChI=1S/C26H31N7O5S/c1-37-22-15-18(32-12-7-17(8-13-32)31-10-3-4-11-31)5-6-20(22)28-26-27-16-21(33(35)36)23(30-26)29-24-19(9-14-39-24)25(34)38-2/h5-6,9,14-17H,3-4,7-8,10-13H2,1-2H3,(H2,27,28,29,30). The lowest BCUT2D eigenvalue weighted by molar-refractivity contribution is -0.384. The molecule has 2 N–H and O–H groups in total. The second-order valence-electron chi connectivity index (χ2n) is 9.44. The molecule has 2 aliphatic heterocycles. The predicted molar refractivity (Wildman–Crippen MR) is 150 cm³/mol. The molecule has 2 fully saturated rings. The van der Waals surface area contributed by atoms with Gasteiger partial charge in [0.05, 0.1) is 30.4 Å². The van der Waals surface area contributed by atoms with Crippen LogP contribution in [0.2, 0.25) is 0 Å². The number of thiophene rings is 1. The monoisotopic (exact) mass is 553 g/mol. The van der Waals surface area contributed by atoms with E-state index in [0.29, 0.717) is 22.5 Å². The Bertz CT molecular complexity index is 1340. The molecule has 0 radical (unpaired) electrons. The van der Waals surface area contributed by atoms with Gasteiger partial charge in [-0.2, -0.15) is 4.98 Å². The summed E-state index contributed by atoms with van der Waals surface area (Å²) in [4.78, 5) is 36.6. The number of rotatable bonds is 9. The largest absolute Gasteiger partial charge is 0.494 e. The lowest BCUT2D eigenvalue weighted by Crippen LogP contribution is -2.43. The van der Waals surface area contributed by atoms with Crippen LogP contribution in [0.1, 0.15) is 36.0 Å². The molecule has 2 saturated heterocycles. The van der Waals surface area contributed by atoms with E-state index in [9.17, 15) is 14.9 Å². The highest BCUT2D eigenvalue weighted by Crippen LogP contribution is 2.35. The summed E-state index contributed by atoms with van der Waals surface area (Å²) in [6.45, 7) is 4.43. The van der Waals surface area contributed by atoms with Gasteiger partial charge >= 0.3 is 11.7 Å². The van der Waals surface area contributed by atoms with E-state index in [0.717, 1.165) is 37.8 Å².